The van der Waals surface area contributed by atoms with Crippen LogP contribution in [0.25, 0.3) is 6.08 Å². The van der Waals surface area contributed by atoms with E-state index in [4.69, 9.17) is 4.74 Å². The van der Waals surface area contributed by atoms with Crippen molar-refractivity contribution in [3.63, 3.8) is 0 Å². The third-order valence-electron chi connectivity index (χ3n) is 5.34. The van der Waals surface area contributed by atoms with Crippen molar-refractivity contribution in [3.05, 3.63) is 96.8 Å². The number of carboxylic acids is 1. The molecule has 0 aliphatic carbocycles. The molecule has 1 amide bonds. The summed E-state index contributed by atoms with van der Waals surface area (Å²) in [6.45, 7) is 4.79. The number of rotatable bonds is 7. The molecule has 6 nitrogen and oxygen atoms in total. The van der Waals surface area contributed by atoms with E-state index in [1.165, 1.54) is 29.5 Å². The number of ether oxygens (including phenoxy) is 1. The lowest BCUT2D eigenvalue weighted by molar-refractivity contribution is -0.122. The summed E-state index contributed by atoms with van der Waals surface area (Å²) in [5, 5.41) is 9.75. The molecule has 0 radical (unpaired) electrons. The summed E-state index contributed by atoms with van der Waals surface area (Å²) in [5.41, 5.74) is 3.70. The molecule has 3 aromatic rings. The highest BCUT2D eigenvalue weighted by atomic mass is 79.9. The number of hydrogen-bond donors (Lipinski definition) is 1. The van der Waals surface area contributed by atoms with E-state index in [1.54, 1.807) is 17.0 Å². The Bertz CT molecular complexity index is 1360. The molecule has 36 heavy (non-hydrogen) atoms. The number of amidine groups is 1. The number of aryl methyl sites for hydroxylation is 1. The van der Waals surface area contributed by atoms with Gasteiger partial charge in [-0.25, -0.2) is 9.79 Å². The van der Waals surface area contributed by atoms with Gasteiger partial charge in [0, 0.05) is 6.54 Å². The van der Waals surface area contributed by atoms with Crippen molar-refractivity contribution in [1.29, 1.82) is 0 Å². The summed E-state index contributed by atoms with van der Waals surface area (Å²) in [5.74, 6) is -0.496. The lowest BCUT2D eigenvalue weighted by atomic mass is 10.1. The summed E-state index contributed by atoms with van der Waals surface area (Å²) < 4.78 is 7.55. The van der Waals surface area contributed by atoms with Crippen LogP contribution in [0.2, 0.25) is 0 Å². The zero-order valence-electron chi connectivity index (χ0n) is 19.5. The Kier molecular flexibility index (Phi) is 8.33. The van der Waals surface area contributed by atoms with Crippen LogP contribution in [0, 0.1) is 6.92 Å². The number of halogens is 2. The molecule has 1 heterocycles. The summed E-state index contributed by atoms with van der Waals surface area (Å²) in [6.07, 6.45) is 1.81. The van der Waals surface area contributed by atoms with Crippen molar-refractivity contribution in [3.8, 4) is 5.75 Å². The normalized spacial score (nSPS) is 15.7. The van der Waals surface area contributed by atoms with Gasteiger partial charge in [0.05, 0.1) is 25.1 Å². The molecule has 0 spiro atoms. The number of thioether (sulfide) groups is 1. The fourth-order valence-corrected chi connectivity index (χ4v) is 5.99. The SMILES string of the molecule is CCN1C(=O)/C(=C/c2cc(Br)c(OCc3ccc(C)cc3)c(Br)c2)SC1=Nc1cccc(C(=O)O)c1. The van der Waals surface area contributed by atoms with E-state index in [0.29, 0.717) is 34.7 Å². The number of hydrogen-bond acceptors (Lipinski definition) is 5. The van der Waals surface area contributed by atoms with Gasteiger partial charge in [0.2, 0.25) is 0 Å². The molecule has 1 aliphatic rings. The van der Waals surface area contributed by atoms with Crippen LogP contribution in [0.15, 0.2) is 79.5 Å². The van der Waals surface area contributed by atoms with Crippen LogP contribution >= 0.6 is 43.6 Å². The van der Waals surface area contributed by atoms with Gasteiger partial charge in [-0.05, 0) is 105 Å². The number of likely N-dealkylation sites (N-methyl/N-ethyl adjacent to an activating group) is 1. The first-order valence-electron chi connectivity index (χ1n) is 11.1. The average molecular weight is 630 g/mol. The molecule has 4 rings (SSSR count). The Morgan fingerprint density at radius 2 is 1.81 bits per heavy atom. The molecular formula is C27H22Br2N2O4S. The number of nitrogens with zero attached hydrogens (tertiary/aromatic N) is 2. The topological polar surface area (TPSA) is 79.2 Å². The van der Waals surface area contributed by atoms with Crippen LogP contribution in [-0.4, -0.2) is 33.6 Å². The Balaban J connectivity index is 1.56. The van der Waals surface area contributed by atoms with Gasteiger partial charge in [0.15, 0.2) is 5.17 Å². The Labute approximate surface area is 230 Å². The van der Waals surface area contributed by atoms with Crippen LogP contribution in [0.3, 0.4) is 0 Å². The van der Waals surface area contributed by atoms with Gasteiger partial charge in [-0.3, -0.25) is 9.69 Å². The standard InChI is InChI=1S/C27H22Br2N2O4S/c1-3-31-25(32)23(36-27(31)30-20-6-4-5-19(14-20)26(33)34)13-18-11-21(28)24(22(29)12-18)35-15-17-9-7-16(2)8-10-17/h4-14H,3,15H2,1-2H3,(H,33,34)/b23-13-,30-27?. The molecule has 0 unspecified atom stereocenters. The fourth-order valence-electron chi connectivity index (χ4n) is 3.48. The van der Waals surface area contributed by atoms with Crippen LogP contribution in [0.5, 0.6) is 5.75 Å². The summed E-state index contributed by atoms with van der Waals surface area (Å²) in [7, 11) is 0. The van der Waals surface area contributed by atoms with E-state index in [1.807, 2.05) is 56.3 Å². The predicted molar refractivity (Wildman–Crippen MR) is 151 cm³/mol. The number of carbonyl (C=O) groups is 2. The lowest BCUT2D eigenvalue weighted by Crippen LogP contribution is -2.28. The second kappa shape index (κ2) is 11.5. The molecule has 9 heteroatoms. The molecule has 0 aromatic heterocycles. The number of carboxylic acid groups (broad SMARTS) is 1. The molecule has 184 valence electrons. The van der Waals surface area contributed by atoms with Crippen LogP contribution in [0.1, 0.15) is 34.0 Å². The van der Waals surface area contributed by atoms with Gasteiger partial charge in [0.1, 0.15) is 12.4 Å². The van der Waals surface area contributed by atoms with Crippen molar-refractivity contribution in [1.82, 2.24) is 4.90 Å². The minimum atomic E-state index is -1.03. The van der Waals surface area contributed by atoms with Crippen LogP contribution in [-0.2, 0) is 11.4 Å². The van der Waals surface area contributed by atoms with Crippen molar-refractivity contribution in [2.75, 3.05) is 6.54 Å². The van der Waals surface area contributed by atoms with E-state index in [-0.39, 0.29) is 11.5 Å². The van der Waals surface area contributed by atoms with E-state index in [9.17, 15) is 14.7 Å². The van der Waals surface area contributed by atoms with E-state index in [2.05, 4.69) is 36.9 Å². The summed E-state index contributed by atoms with van der Waals surface area (Å²) in [6, 6.07) is 18.3. The molecule has 0 atom stereocenters. The number of benzene rings is 3. The second-order valence-corrected chi connectivity index (χ2v) is 10.7. The van der Waals surface area contributed by atoms with Crippen molar-refractivity contribution < 1.29 is 19.4 Å². The smallest absolute Gasteiger partial charge is 0.335 e. The van der Waals surface area contributed by atoms with Gasteiger partial charge >= 0.3 is 5.97 Å². The molecular weight excluding hydrogens is 608 g/mol. The molecule has 3 aromatic carbocycles. The Morgan fingerprint density at radius 1 is 1.11 bits per heavy atom. The van der Waals surface area contributed by atoms with Gasteiger partial charge in [-0.2, -0.15) is 0 Å². The third kappa shape index (κ3) is 6.08. The zero-order chi connectivity index (χ0) is 25.8. The quantitative estimate of drug-likeness (QED) is 0.275. The highest BCUT2D eigenvalue weighted by Crippen LogP contribution is 2.38. The highest BCUT2D eigenvalue weighted by molar-refractivity contribution is 9.11. The van der Waals surface area contributed by atoms with Crippen molar-refractivity contribution in [2.24, 2.45) is 4.99 Å². The van der Waals surface area contributed by atoms with E-state index < -0.39 is 5.97 Å². The van der Waals surface area contributed by atoms with Crippen molar-refractivity contribution in [2.45, 2.75) is 20.5 Å². The van der Waals surface area contributed by atoms with Crippen LogP contribution < -0.4 is 4.74 Å². The summed E-state index contributed by atoms with van der Waals surface area (Å²) in [4.78, 5) is 31.0. The maximum atomic E-state index is 13.1. The van der Waals surface area contributed by atoms with Crippen LogP contribution in [0.4, 0.5) is 5.69 Å². The number of aliphatic imine (C=N–C) groups is 1. The fraction of sp³-hybridized carbons (Fsp3) is 0.148. The van der Waals surface area contributed by atoms with Crippen molar-refractivity contribution >= 4 is 72.4 Å². The molecule has 0 saturated carbocycles. The predicted octanol–water partition coefficient (Wildman–Crippen LogP) is 7.42. The number of aromatic carboxylic acids is 1. The maximum absolute atomic E-state index is 13.1. The zero-order valence-corrected chi connectivity index (χ0v) is 23.5. The lowest BCUT2D eigenvalue weighted by Gasteiger charge is -2.12. The first-order chi connectivity index (χ1) is 17.2. The largest absolute Gasteiger partial charge is 0.487 e. The minimum Gasteiger partial charge on any atom is -0.487 e. The second-order valence-electron chi connectivity index (χ2n) is 8.00. The molecule has 0 bridgehead atoms. The molecule has 1 fully saturated rings. The maximum Gasteiger partial charge on any atom is 0.335 e. The number of carbonyl (C=O) groups excluding carboxylic acids is 1. The molecule has 1 aliphatic heterocycles. The summed E-state index contributed by atoms with van der Waals surface area (Å²) >= 11 is 8.44. The monoisotopic (exact) mass is 628 g/mol. The number of amides is 1. The molecule has 1 saturated heterocycles. The highest BCUT2D eigenvalue weighted by Gasteiger charge is 2.32. The van der Waals surface area contributed by atoms with Gasteiger partial charge in [-0.15, -0.1) is 0 Å². The third-order valence-corrected chi connectivity index (χ3v) is 7.53. The first kappa shape index (κ1) is 26.2. The Morgan fingerprint density at radius 3 is 2.44 bits per heavy atom. The van der Waals surface area contributed by atoms with E-state index in [0.717, 1.165) is 20.1 Å². The molecule has 1 N–H and O–H groups in total. The Hall–Kier alpha value is -2.88. The average Bonchev–Trinajstić information content (AvgIpc) is 3.13. The minimum absolute atomic E-state index is 0.143. The van der Waals surface area contributed by atoms with Gasteiger partial charge in [0.25, 0.3) is 5.91 Å². The van der Waals surface area contributed by atoms with Gasteiger partial charge in [-0.1, -0.05) is 35.9 Å². The van der Waals surface area contributed by atoms with Gasteiger partial charge < -0.3 is 9.84 Å². The first-order valence-corrected chi connectivity index (χ1v) is 13.5. The van der Waals surface area contributed by atoms with E-state index >= 15 is 0 Å².